The number of halogens is 1. The Bertz CT molecular complexity index is 710. The molecule has 20 heavy (non-hydrogen) atoms. The van der Waals surface area contributed by atoms with Crippen LogP contribution in [0.1, 0.15) is 36.5 Å². The van der Waals surface area contributed by atoms with Crippen LogP contribution in [0.2, 0.25) is 5.02 Å². The van der Waals surface area contributed by atoms with Crippen LogP contribution in [-0.2, 0) is 4.79 Å². The summed E-state index contributed by atoms with van der Waals surface area (Å²) in [4.78, 5) is 12.1. The molecule has 2 aromatic rings. The average molecular weight is 283 g/mol. The van der Waals surface area contributed by atoms with Crippen molar-refractivity contribution in [2.24, 2.45) is 0 Å². The van der Waals surface area contributed by atoms with Gasteiger partial charge in [0.1, 0.15) is 0 Å². The summed E-state index contributed by atoms with van der Waals surface area (Å²) in [5, 5.41) is 0.713. The lowest BCUT2D eigenvalue weighted by Crippen LogP contribution is -2.07. The van der Waals surface area contributed by atoms with Crippen molar-refractivity contribution in [2.45, 2.75) is 19.8 Å². The first-order valence-electron chi connectivity index (χ1n) is 6.66. The van der Waals surface area contributed by atoms with Crippen LogP contribution in [0.5, 0.6) is 0 Å². The first kappa shape index (κ1) is 13.1. The van der Waals surface area contributed by atoms with Crippen molar-refractivity contribution in [3.63, 3.8) is 0 Å². The molecule has 1 aliphatic carbocycles. The highest BCUT2D eigenvalue weighted by Gasteiger charge is 2.32. The second kappa shape index (κ2) is 4.92. The van der Waals surface area contributed by atoms with E-state index in [0.29, 0.717) is 5.02 Å². The number of ketones is 1. The van der Waals surface area contributed by atoms with Crippen molar-refractivity contribution in [2.75, 3.05) is 0 Å². The number of allylic oxidation sites excluding steroid dienone is 2. The molecule has 0 amide bonds. The van der Waals surface area contributed by atoms with Crippen molar-refractivity contribution < 1.29 is 4.79 Å². The highest BCUT2D eigenvalue weighted by Crippen LogP contribution is 2.45. The van der Waals surface area contributed by atoms with Gasteiger partial charge in [-0.1, -0.05) is 48.0 Å². The van der Waals surface area contributed by atoms with Crippen LogP contribution in [0.3, 0.4) is 0 Å². The number of benzene rings is 2. The molecule has 2 aromatic carbocycles. The van der Waals surface area contributed by atoms with Gasteiger partial charge in [0.2, 0.25) is 0 Å². The Hall–Kier alpha value is -1.86. The predicted octanol–water partition coefficient (Wildman–Crippen LogP) is 4.85. The van der Waals surface area contributed by atoms with Crippen molar-refractivity contribution in [3.05, 3.63) is 75.8 Å². The van der Waals surface area contributed by atoms with Crippen LogP contribution in [0.25, 0.3) is 5.57 Å². The molecule has 0 radical (unpaired) electrons. The van der Waals surface area contributed by atoms with Crippen molar-refractivity contribution in [3.8, 4) is 0 Å². The van der Waals surface area contributed by atoms with Gasteiger partial charge in [-0.3, -0.25) is 4.79 Å². The predicted molar refractivity (Wildman–Crippen MR) is 83.0 cm³/mol. The van der Waals surface area contributed by atoms with E-state index in [4.69, 9.17) is 11.6 Å². The normalized spacial score (nSPS) is 17.2. The summed E-state index contributed by atoms with van der Waals surface area (Å²) in [6.45, 7) is 3.68. The number of rotatable bonds is 2. The molecular weight excluding hydrogens is 268 g/mol. The molecular formula is C18H15ClO. The summed E-state index contributed by atoms with van der Waals surface area (Å²) >= 11 is 5.97. The fourth-order valence-electron chi connectivity index (χ4n) is 3.08. The van der Waals surface area contributed by atoms with Gasteiger partial charge in [-0.2, -0.15) is 0 Å². The Kier molecular flexibility index (Phi) is 3.23. The Morgan fingerprint density at radius 2 is 1.70 bits per heavy atom. The van der Waals surface area contributed by atoms with Gasteiger partial charge in [0.15, 0.2) is 5.78 Å². The molecule has 1 aliphatic rings. The zero-order valence-corrected chi connectivity index (χ0v) is 12.2. The number of Topliss-reactive ketones (excluding diaryl/α,β-unsaturated/α-hetero) is 1. The van der Waals surface area contributed by atoms with E-state index in [1.807, 2.05) is 43.3 Å². The third kappa shape index (κ3) is 1.99. The van der Waals surface area contributed by atoms with E-state index in [1.165, 1.54) is 11.1 Å². The van der Waals surface area contributed by atoms with Crippen LogP contribution in [0, 0.1) is 0 Å². The minimum atomic E-state index is 0.0287. The summed E-state index contributed by atoms with van der Waals surface area (Å²) in [7, 11) is 0. The van der Waals surface area contributed by atoms with Gasteiger partial charge in [-0.25, -0.2) is 0 Å². The molecule has 1 atom stereocenters. The molecule has 0 fully saturated rings. The lowest BCUT2D eigenvalue weighted by atomic mass is 9.87. The average Bonchev–Trinajstić information content (AvgIpc) is 2.74. The summed E-state index contributed by atoms with van der Waals surface area (Å²) in [6.07, 6.45) is 0. The first-order chi connectivity index (χ1) is 9.59. The molecule has 2 heteroatoms. The van der Waals surface area contributed by atoms with Crippen molar-refractivity contribution in [1.82, 2.24) is 0 Å². The monoisotopic (exact) mass is 282 g/mol. The molecule has 100 valence electrons. The van der Waals surface area contributed by atoms with Gasteiger partial charge in [0, 0.05) is 16.5 Å². The minimum absolute atomic E-state index is 0.0287. The van der Waals surface area contributed by atoms with E-state index >= 15 is 0 Å². The van der Waals surface area contributed by atoms with Crippen molar-refractivity contribution >= 4 is 23.0 Å². The fourth-order valence-corrected chi connectivity index (χ4v) is 3.20. The van der Waals surface area contributed by atoms with E-state index in [1.54, 1.807) is 6.92 Å². The molecule has 1 nitrogen and oxygen atoms in total. The number of carbonyl (C=O) groups is 1. The summed E-state index contributed by atoms with van der Waals surface area (Å²) in [5.41, 5.74) is 5.49. The van der Waals surface area contributed by atoms with E-state index in [2.05, 4.69) is 12.1 Å². The molecule has 3 rings (SSSR count). The molecule has 0 aromatic heterocycles. The van der Waals surface area contributed by atoms with Gasteiger partial charge in [0.25, 0.3) is 0 Å². The van der Waals surface area contributed by atoms with Gasteiger partial charge >= 0.3 is 0 Å². The standard InChI is InChI=1S/C18H15ClO/c1-11-15-5-3-4-6-16(15)18(17(11)12(2)20)13-7-9-14(19)10-8-13/h3-10,18H,1-2H3. The van der Waals surface area contributed by atoms with Crippen LogP contribution in [0.15, 0.2) is 54.1 Å². The molecule has 0 saturated heterocycles. The smallest absolute Gasteiger partial charge is 0.157 e. The highest BCUT2D eigenvalue weighted by atomic mass is 35.5. The molecule has 0 N–H and O–H groups in total. The summed E-state index contributed by atoms with van der Waals surface area (Å²) in [5.74, 6) is 0.166. The van der Waals surface area contributed by atoms with E-state index in [-0.39, 0.29) is 11.7 Å². The van der Waals surface area contributed by atoms with Gasteiger partial charge in [-0.15, -0.1) is 0 Å². The van der Waals surface area contributed by atoms with E-state index in [0.717, 1.165) is 16.7 Å². The zero-order valence-electron chi connectivity index (χ0n) is 11.5. The van der Waals surface area contributed by atoms with Crippen LogP contribution >= 0.6 is 11.6 Å². The van der Waals surface area contributed by atoms with Gasteiger partial charge in [0.05, 0.1) is 0 Å². The molecule has 0 spiro atoms. The van der Waals surface area contributed by atoms with Crippen LogP contribution in [-0.4, -0.2) is 5.78 Å². The number of hydrogen-bond acceptors (Lipinski definition) is 1. The van der Waals surface area contributed by atoms with Crippen molar-refractivity contribution in [1.29, 1.82) is 0 Å². The molecule has 0 bridgehead atoms. The van der Waals surface area contributed by atoms with Crippen LogP contribution < -0.4 is 0 Å². The summed E-state index contributed by atoms with van der Waals surface area (Å²) < 4.78 is 0. The Balaban J connectivity index is 2.22. The van der Waals surface area contributed by atoms with Gasteiger partial charge in [-0.05, 0) is 48.2 Å². The maximum atomic E-state index is 12.1. The fraction of sp³-hybridized carbons (Fsp3) is 0.167. The quantitative estimate of drug-likeness (QED) is 0.770. The SMILES string of the molecule is CC(=O)C1=C(C)c2ccccc2C1c1ccc(Cl)cc1. The molecule has 0 heterocycles. The zero-order chi connectivity index (χ0) is 14.3. The second-order valence-electron chi connectivity index (χ2n) is 5.17. The van der Waals surface area contributed by atoms with E-state index in [9.17, 15) is 4.79 Å². The number of fused-ring (bicyclic) bond motifs is 1. The highest BCUT2D eigenvalue weighted by molar-refractivity contribution is 6.30. The van der Waals surface area contributed by atoms with Gasteiger partial charge < -0.3 is 0 Å². The Morgan fingerprint density at radius 1 is 1.05 bits per heavy atom. The number of carbonyl (C=O) groups excluding carboxylic acids is 1. The third-order valence-corrected chi connectivity index (χ3v) is 4.20. The largest absolute Gasteiger partial charge is 0.295 e. The molecule has 0 saturated carbocycles. The summed E-state index contributed by atoms with van der Waals surface area (Å²) in [6, 6.07) is 16.0. The second-order valence-corrected chi connectivity index (χ2v) is 5.60. The minimum Gasteiger partial charge on any atom is -0.295 e. The Labute approximate surface area is 123 Å². The Morgan fingerprint density at radius 3 is 2.35 bits per heavy atom. The molecule has 1 unspecified atom stereocenters. The van der Waals surface area contributed by atoms with Crippen LogP contribution in [0.4, 0.5) is 0 Å². The lowest BCUT2D eigenvalue weighted by molar-refractivity contribution is -0.113. The third-order valence-electron chi connectivity index (χ3n) is 3.95. The lowest BCUT2D eigenvalue weighted by Gasteiger charge is -2.16. The maximum Gasteiger partial charge on any atom is 0.157 e. The first-order valence-corrected chi connectivity index (χ1v) is 7.04. The maximum absolute atomic E-state index is 12.1. The topological polar surface area (TPSA) is 17.1 Å². The van der Waals surface area contributed by atoms with E-state index < -0.39 is 0 Å². The molecule has 0 aliphatic heterocycles. The number of hydrogen-bond donors (Lipinski definition) is 0.